The van der Waals surface area contributed by atoms with Crippen LogP contribution in [0.5, 0.6) is 5.75 Å². The number of aliphatic carboxylic acids is 1. The van der Waals surface area contributed by atoms with Gasteiger partial charge in [0.25, 0.3) is 11.8 Å². The van der Waals surface area contributed by atoms with Gasteiger partial charge in [-0.3, -0.25) is 9.59 Å². The first-order chi connectivity index (χ1) is 13.3. The van der Waals surface area contributed by atoms with Gasteiger partial charge in [0.05, 0.1) is 12.3 Å². The minimum Gasteiger partial charge on any atom is -0.492 e. The predicted octanol–water partition coefficient (Wildman–Crippen LogP) is 2.53. The average Bonchev–Trinajstić information content (AvgIpc) is 2.69. The second-order valence-corrected chi connectivity index (χ2v) is 6.74. The number of likely N-dealkylation sites (tertiary alicyclic amines) is 1. The number of carbonyl (C=O) groups excluding carboxylic acids is 2. The lowest BCUT2D eigenvalue weighted by Gasteiger charge is -2.27. The maximum absolute atomic E-state index is 12.7. The van der Waals surface area contributed by atoms with Crippen LogP contribution in [0, 0.1) is 0 Å². The van der Waals surface area contributed by atoms with Gasteiger partial charge >= 0.3 is 5.97 Å². The average molecular weight is 392 g/mol. The minimum absolute atomic E-state index is 0.0814. The number of anilines is 1. The van der Waals surface area contributed by atoms with E-state index >= 15 is 0 Å². The highest BCUT2D eigenvalue weighted by Crippen LogP contribution is 2.27. The van der Waals surface area contributed by atoms with E-state index in [9.17, 15) is 14.4 Å². The van der Waals surface area contributed by atoms with Gasteiger partial charge in [0.15, 0.2) is 6.10 Å². The summed E-state index contributed by atoms with van der Waals surface area (Å²) in [7, 11) is 0. The number of ether oxygens (including phenoxy) is 2. The summed E-state index contributed by atoms with van der Waals surface area (Å²) in [6.45, 7) is 6.49. The van der Waals surface area contributed by atoms with Crippen molar-refractivity contribution >= 4 is 23.5 Å². The van der Waals surface area contributed by atoms with Gasteiger partial charge < -0.3 is 24.8 Å². The Labute approximate surface area is 164 Å². The van der Waals surface area contributed by atoms with Crippen LogP contribution in [0.2, 0.25) is 0 Å². The molecule has 0 aliphatic carbocycles. The molecule has 1 heterocycles. The van der Waals surface area contributed by atoms with Crippen molar-refractivity contribution in [2.75, 3.05) is 25.0 Å². The molecular weight excluding hydrogens is 364 g/mol. The molecule has 0 radical (unpaired) electrons. The normalized spacial score (nSPS) is 16.2. The first kappa shape index (κ1) is 21.7. The van der Waals surface area contributed by atoms with Crippen LogP contribution in [0.25, 0.3) is 0 Å². The SMILES string of the molecule is CCOc1ccc(C(=O)N2CCCCC2)cc1NC(=O)C(C)OC(C)C(=O)O. The van der Waals surface area contributed by atoms with Gasteiger partial charge in [-0.15, -0.1) is 0 Å². The number of amides is 2. The van der Waals surface area contributed by atoms with Crippen molar-refractivity contribution in [2.45, 2.75) is 52.2 Å². The van der Waals surface area contributed by atoms with Gasteiger partial charge in [-0.1, -0.05) is 0 Å². The van der Waals surface area contributed by atoms with E-state index in [2.05, 4.69) is 5.32 Å². The molecule has 0 saturated carbocycles. The number of rotatable bonds is 8. The fraction of sp³-hybridized carbons (Fsp3) is 0.550. The number of benzene rings is 1. The molecule has 1 fully saturated rings. The largest absolute Gasteiger partial charge is 0.492 e. The van der Waals surface area contributed by atoms with Crippen LogP contribution in [-0.4, -0.2) is 59.7 Å². The molecule has 2 unspecified atom stereocenters. The summed E-state index contributed by atoms with van der Waals surface area (Å²) in [5.41, 5.74) is 0.821. The molecule has 0 bridgehead atoms. The van der Waals surface area contributed by atoms with Crippen LogP contribution < -0.4 is 10.1 Å². The monoisotopic (exact) mass is 392 g/mol. The van der Waals surface area contributed by atoms with E-state index in [4.69, 9.17) is 14.6 Å². The Morgan fingerprint density at radius 1 is 1.14 bits per heavy atom. The molecule has 1 aliphatic heterocycles. The lowest BCUT2D eigenvalue weighted by molar-refractivity contribution is -0.154. The van der Waals surface area contributed by atoms with Crippen LogP contribution in [-0.2, 0) is 14.3 Å². The van der Waals surface area contributed by atoms with E-state index in [-0.39, 0.29) is 5.91 Å². The third kappa shape index (κ3) is 5.69. The third-order valence-corrected chi connectivity index (χ3v) is 4.55. The number of hydrogen-bond donors (Lipinski definition) is 2. The second-order valence-electron chi connectivity index (χ2n) is 6.74. The number of nitrogens with one attached hydrogen (secondary N) is 1. The Hall–Kier alpha value is -2.61. The lowest BCUT2D eigenvalue weighted by atomic mass is 10.1. The van der Waals surface area contributed by atoms with E-state index in [1.807, 2.05) is 11.8 Å². The molecule has 2 N–H and O–H groups in total. The zero-order valence-electron chi connectivity index (χ0n) is 16.6. The van der Waals surface area contributed by atoms with Crippen molar-refractivity contribution in [3.05, 3.63) is 23.8 Å². The van der Waals surface area contributed by atoms with E-state index in [0.717, 1.165) is 32.4 Å². The van der Waals surface area contributed by atoms with Gasteiger partial charge in [0, 0.05) is 18.7 Å². The molecule has 8 nitrogen and oxygen atoms in total. The van der Waals surface area contributed by atoms with Gasteiger partial charge in [0.2, 0.25) is 0 Å². The predicted molar refractivity (Wildman–Crippen MR) is 104 cm³/mol. The van der Waals surface area contributed by atoms with Gasteiger partial charge in [0.1, 0.15) is 11.9 Å². The van der Waals surface area contributed by atoms with Crippen LogP contribution in [0.1, 0.15) is 50.4 Å². The Morgan fingerprint density at radius 2 is 1.82 bits per heavy atom. The number of piperidine rings is 1. The summed E-state index contributed by atoms with van der Waals surface area (Å²) >= 11 is 0. The molecule has 1 aromatic rings. The highest BCUT2D eigenvalue weighted by Gasteiger charge is 2.23. The molecule has 2 amide bonds. The van der Waals surface area contributed by atoms with Crippen LogP contribution in [0.15, 0.2) is 18.2 Å². The van der Waals surface area contributed by atoms with E-state index in [0.29, 0.717) is 23.6 Å². The summed E-state index contributed by atoms with van der Waals surface area (Å²) in [4.78, 5) is 37.9. The Bertz CT molecular complexity index is 715. The third-order valence-electron chi connectivity index (χ3n) is 4.55. The molecular formula is C20H28N2O6. The van der Waals surface area contributed by atoms with E-state index < -0.39 is 24.1 Å². The van der Waals surface area contributed by atoms with Crippen molar-refractivity contribution in [2.24, 2.45) is 0 Å². The second kappa shape index (κ2) is 10.1. The standard InChI is InChI=1S/C20H28N2O6/c1-4-27-17-9-8-15(19(24)22-10-6-5-7-11-22)12-16(17)21-18(23)13(2)28-14(3)20(25)26/h8-9,12-14H,4-7,10-11H2,1-3H3,(H,21,23)(H,25,26). The summed E-state index contributed by atoms with van der Waals surface area (Å²) < 4.78 is 10.7. The van der Waals surface area contributed by atoms with E-state index in [1.165, 1.54) is 13.8 Å². The highest BCUT2D eigenvalue weighted by molar-refractivity contribution is 5.99. The number of hydrogen-bond acceptors (Lipinski definition) is 5. The van der Waals surface area contributed by atoms with Gasteiger partial charge in [-0.05, 0) is 58.2 Å². The minimum atomic E-state index is -1.15. The fourth-order valence-electron chi connectivity index (χ4n) is 2.98. The molecule has 1 aliphatic rings. The highest BCUT2D eigenvalue weighted by atomic mass is 16.5. The van der Waals surface area contributed by atoms with Crippen molar-refractivity contribution in [3.8, 4) is 5.75 Å². The summed E-state index contributed by atoms with van der Waals surface area (Å²) in [6, 6.07) is 4.93. The maximum Gasteiger partial charge on any atom is 0.332 e. The Kier molecular flexibility index (Phi) is 7.80. The molecule has 2 atom stereocenters. The Morgan fingerprint density at radius 3 is 2.43 bits per heavy atom. The molecule has 1 aromatic carbocycles. The zero-order valence-corrected chi connectivity index (χ0v) is 16.6. The molecule has 154 valence electrons. The van der Waals surface area contributed by atoms with Crippen LogP contribution in [0.4, 0.5) is 5.69 Å². The molecule has 0 aromatic heterocycles. The van der Waals surface area contributed by atoms with Crippen LogP contribution in [0.3, 0.4) is 0 Å². The van der Waals surface area contributed by atoms with Crippen molar-refractivity contribution in [1.29, 1.82) is 0 Å². The lowest BCUT2D eigenvalue weighted by Crippen LogP contribution is -2.36. The summed E-state index contributed by atoms with van der Waals surface area (Å²) in [5.74, 6) is -1.31. The topological polar surface area (TPSA) is 105 Å². The summed E-state index contributed by atoms with van der Waals surface area (Å²) in [5, 5.41) is 11.6. The molecule has 2 rings (SSSR count). The van der Waals surface area contributed by atoms with Gasteiger partial charge in [-0.2, -0.15) is 0 Å². The van der Waals surface area contributed by atoms with Crippen LogP contribution >= 0.6 is 0 Å². The summed E-state index contributed by atoms with van der Waals surface area (Å²) in [6.07, 6.45) is 1.01. The van der Waals surface area contributed by atoms with Crippen molar-refractivity contribution < 1.29 is 29.0 Å². The first-order valence-corrected chi connectivity index (χ1v) is 9.58. The number of carboxylic acid groups (broad SMARTS) is 1. The zero-order chi connectivity index (χ0) is 20.7. The molecule has 28 heavy (non-hydrogen) atoms. The van der Waals surface area contributed by atoms with Crippen molar-refractivity contribution in [3.63, 3.8) is 0 Å². The maximum atomic E-state index is 12.7. The number of carboxylic acids is 1. The molecule has 8 heteroatoms. The number of carbonyl (C=O) groups is 3. The Balaban J connectivity index is 2.16. The smallest absolute Gasteiger partial charge is 0.332 e. The quantitative estimate of drug-likeness (QED) is 0.704. The molecule has 1 saturated heterocycles. The number of nitrogens with zero attached hydrogens (tertiary/aromatic N) is 1. The molecule has 0 spiro atoms. The van der Waals surface area contributed by atoms with E-state index in [1.54, 1.807) is 18.2 Å². The van der Waals surface area contributed by atoms with Gasteiger partial charge in [-0.25, -0.2) is 4.79 Å². The fourth-order valence-corrected chi connectivity index (χ4v) is 2.98. The first-order valence-electron chi connectivity index (χ1n) is 9.58. The van der Waals surface area contributed by atoms with Crippen molar-refractivity contribution in [1.82, 2.24) is 4.90 Å².